The van der Waals surface area contributed by atoms with Gasteiger partial charge in [0.2, 0.25) is 0 Å². The molecule has 2 unspecified atom stereocenters. The van der Waals surface area contributed by atoms with Crippen molar-refractivity contribution in [3.63, 3.8) is 0 Å². The van der Waals surface area contributed by atoms with Gasteiger partial charge in [-0.25, -0.2) is 8.78 Å². The van der Waals surface area contributed by atoms with Crippen molar-refractivity contribution in [1.29, 1.82) is 0 Å². The van der Waals surface area contributed by atoms with Crippen LogP contribution in [0, 0.1) is 18.6 Å². The van der Waals surface area contributed by atoms with Gasteiger partial charge in [-0.1, -0.05) is 0 Å². The van der Waals surface area contributed by atoms with Crippen LogP contribution < -0.4 is 11.3 Å². The maximum atomic E-state index is 13.8. The summed E-state index contributed by atoms with van der Waals surface area (Å²) in [5.41, 5.74) is 3.49. The molecule has 0 amide bonds. The summed E-state index contributed by atoms with van der Waals surface area (Å²) < 4.78 is 32.7. The molecule has 0 saturated carbocycles. The van der Waals surface area contributed by atoms with Crippen LogP contribution >= 0.6 is 0 Å². The number of nitrogens with one attached hydrogen (secondary N) is 1. The first kappa shape index (κ1) is 15.4. The Kier molecular flexibility index (Phi) is 5.46. The van der Waals surface area contributed by atoms with Crippen LogP contribution in [0.4, 0.5) is 8.78 Å². The molecule has 1 fully saturated rings. The Morgan fingerprint density at radius 1 is 1.40 bits per heavy atom. The Bertz CT molecular complexity index is 448. The van der Waals surface area contributed by atoms with Crippen molar-refractivity contribution in [2.45, 2.75) is 51.2 Å². The van der Waals surface area contributed by atoms with Gasteiger partial charge >= 0.3 is 0 Å². The van der Waals surface area contributed by atoms with Gasteiger partial charge in [0.25, 0.3) is 0 Å². The zero-order valence-corrected chi connectivity index (χ0v) is 11.8. The average Bonchev–Trinajstić information content (AvgIpc) is 2.93. The monoisotopic (exact) mass is 284 g/mol. The van der Waals surface area contributed by atoms with E-state index in [1.54, 1.807) is 6.92 Å². The van der Waals surface area contributed by atoms with E-state index in [2.05, 4.69) is 5.43 Å². The molecule has 0 aromatic heterocycles. The van der Waals surface area contributed by atoms with Crippen LogP contribution in [-0.2, 0) is 4.74 Å². The molecule has 0 aliphatic carbocycles. The first-order valence-corrected chi connectivity index (χ1v) is 7.15. The molecular weight excluding hydrogens is 262 g/mol. The third-order valence-electron chi connectivity index (χ3n) is 3.90. The van der Waals surface area contributed by atoms with E-state index in [1.165, 1.54) is 6.07 Å². The van der Waals surface area contributed by atoms with Crippen molar-refractivity contribution < 1.29 is 13.5 Å². The lowest BCUT2D eigenvalue weighted by Gasteiger charge is -2.19. The van der Waals surface area contributed by atoms with Gasteiger partial charge in [-0.3, -0.25) is 11.3 Å². The minimum atomic E-state index is -0.548. The van der Waals surface area contributed by atoms with E-state index in [4.69, 9.17) is 10.6 Å². The van der Waals surface area contributed by atoms with Crippen LogP contribution in [0.15, 0.2) is 12.1 Å². The first-order valence-electron chi connectivity index (χ1n) is 7.15. The number of hydrazine groups is 1. The van der Waals surface area contributed by atoms with Gasteiger partial charge in [0.1, 0.15) is 11.6 Å². The largest absolute Gasteiger partial charge is 0.378 e. The highest BCUT2D eigenvalue weighted by atomic mass is 19.1. The van der Waals surface area contributed by atoms with Crippen LogP contribution in [-0.4, -0.2) is 12.7 Å². The number of rotatable bonds is 6. The SMILES string of the molecule is Cc1cc(C(CCCC2CCCO2)NN)c(F)cc1F. The van der Waals surface area contributed by atoms with Crippen LogP contribution in [0.5, 0.6) is 0 Å². The van der Waals surface area contributed by atoms with E-state index < -0.39 is 11.6 Å². The zero-order chi connectivity index (χ0) is 14.5. The Morgan fingerprint density at radius 3 is 2.85 bits per heavy atom. The number of hydrogen-bond donors (Lipinski definition) is 2. The summed E-state index contributed by atoms with van der Waals surface area (Å²) in [6, 6.07) is 2.16. The molecule has 1 heterocycles. The molecule has 0 radical (unpaired) electrons. The van der Waals surface area contributed by atoms with Crippen molar-refractivity contribution in [3.8, 4) is 0 Å². The highest BCUT2D eigenvalue weighted by Gasteiger charge is 2.19. The average molecular weight is 284 g/mol. The quantitative estimate of drug-likeness (QED) is 0.623. The van der Waals surface area contributed by atoms with Crippen LogP contribution in [0.3, 0.4) is 0 Å². The van der Waals surface area contributed by atoms with E-state index in [0.717, 1.165) is 38.4 Å². The smallest absolute Gasteiger partial charge is 0.130 e. The maximum absolute atomic E-state index is 13.8. The highest BCUT2D eigenvalue weighted by molar-refractivity contribution is 5.28. The third kappa shape index (κ3) is 3.75. The van der Waals surface area contributed by atoms with E-state index in [-0.39, 0.29) is 6.04 Å². The van der Waals surface area contributed by atoms with Crippen LogP contribution in [0.25, 0.3) is 0 Å². The molecule has 1 saturated heterocycles. The van der Waals surface area contributed by atoms with Crippen LogP contribution in [0.1, 0.15) is 49.3 Å². The summed E-state index contributed by atoms with van der Waals surface area (Å²) in [6.07, 6.45) is 5.11. The van der Waals surface area contributed by atoms with Gasteiger partial charge < -0.3 is 4.74 Å². The highest BCUT2D eigenvalue weighted by Crippen LogP contribution is 2.26. The summed E-state index contributed by atoms with van der Waals surface area (Å²) in [4.78, 5) is 0. The molecule has 3 N–H and O–H groups in total. The van der Waals surface area contributed by atoms with E-state index >= 15 is 0 Å². The van der Waals surface area contributed by atoms with Gasteiger partial charge in [0.15, 0.2) is 0 Å². The minimum Gasteiger partial charge on any atom is -0.378 e. The molecular formula is C15H22F2N2O. The fourth-order valence-electron chi connectivity index (χ4n) is 2.70. The van der Waals surface area contributed by atoms with E-state index in [0.29, 0.717) is 23.7 Å². The summed E-state index contributed by atoms with van der Waals surface area (Å²) in [5.74, 6) is 4.44. The number of nitrogens with two attached hydrogens (primary N) is 1. The molecule has 5 heteroatoms. The molecule has 1 aliphatic rings. The van der Waals surface area contributed by atoms with Crippen LogP contribution in [0.2, 0.25) is 0 Å². The van der Waals surface area contributed by atoms with Gasteiger partial charge in [-0.15, -0.1) is 0 Å². The lowest BCUT2D eigenvalue weighted by atomic mass is 9.97. The summed E-state index contributed by atoms with van der Waals surface area (Å²) in [5, 5.41) is 0. The normalized spacial score (nSPS) is 20.3. The van der Waals surface area contributed by atoms with Gasteiger partial charge in [0, 0.05) is 24.3 Å². The lowest BCUT2D eigenvalue weighted by molar-refractivity contribution is 0.101. The Balaban J connectivity index is 1.95. The molecule has 2 rings (SSSR count). The molecule has 2 atom stereocenters. The zero-order valence-electron chi connectivity index (χ0n) is 11.8. The molecule has 0 spiro atoms. The van der Waals surface area contributed by atoms with Crippen molar-refractivity contribution >= 4 is 0 Å². The second-order valence-corrected chi connectivity index (χ2v) is 5.41. The van der Waals surface area contributed by atoms with E-state index in [9.17, 15) is 8.78 Å². The fourth-order valence-corrected chi connectivity index (χ4v) is 2.70. The molecule has 1 aromatic rings. The molecule has 3 nitrogen and oxygen atoms in total. The molecule has 20 heavy (non-hydrogen) atoms. The Labute approximate surface area is 118 Å². The predicted molar refractivity (Wildman–Crippen MR) is 74.0 cm³/mol. The van der Waals surface area contributed by atoms with E-state index in [1.807, 2.05) is 0 Å². The standard InChI is InChI=1S/C15H22F2N2O/c1-10-8-12(14(17)9-13(10)16)15(19-18)6-2-4-11-5-3-7-20-11/h8-9,11,15,19H,2-7,18H2,1H3. The number of benzene rings is 1. The molecule has 1 aromatic carbocycles. The number of ether oxygens (including phenoxy) is 1. The Hall–Kier alpha value is -1.04. The van der Waals surface area contributed by atoms with Crippen molar-refractivity contribution in [1.82, 2.24) is 5.43 Å². The topological polar surface area (TPSA) is 47.3 Å². The molecule has 0 bridgehead atoms. The van der Waals surface area contributed by atoms with Crippen molar-refractivity contribution in [2.24, 2.45) is 5.84 Å². The first-order chi connectivity index (χ1) is 9.61. The summed E-state index contributed by atoms with van der Waals surface area (Å²) >= 11 is 0. The second-order valence-electron chi connectivity index (χ2n) is 5.41. The summed E-state index contributed by atoms with van der Waals surface area (Å²) in [6.45, 7) is 2.47. The van der Waals surface area contributed by atoms with Crippen molar-refractivity contribution in [3.05, 3.63) is 34.9 Å². The fraction of sp³-hybridized carbons (Fsp3) is 0.600. The summed E-state index contributed by atoms with van der Waals surface area (Å²) in [7, 11) is 0. The third-order valence-corrected chi connectivity index (χ3v) is 3.90. The Morgan fingerprint density at radius 2 is 2.20 bits per heavy atom. The second kappa shape index (κ2) is 7.11. The van der Waals surface area contributed by atoms with Crippen molar-refractivity contribution in [2.75, 3.05) is 6.61 Å². The molecule has 112 valence electrons. The number of halogens is 2. The maximum Gasteiger partial charge on any atom is 0.130 e. The lowest BCUT2D eigenvalue weighted by Crippen LogP contribution is -2.29. The minimum absolute atomic E-state index is 0.296. The number of hydrogen-bond acceptors (Lipinski definition) is 3. The van der Waals surface area contributed by atoms with Gasteiger partial charge in [-0.05, 0) is 50.7 Å². The van der Waals surface area contributed by atoms with Gasteiger partial charge in [0.05, 0.1) is 6.10 Å². The predicted octanol–water partition coefficient (Wildman–Crippen LogP) is 3.13. The van der Waals surface area contributed by atoms with Gasteiger partial charge in [-0.2, -0.15) is 0 Å². The number of aryl methyl sites for hydroxylation is 1. The molecule has 1 aliphatic heterocycles.